The summed E-state index contributed by atoms with van der Waals surface area (Å²) in [6.07, 6.45) is 2.42. The molecular formula is C10H13NO2S. The van der Waals surface area contributed by atoms with Crippen molar-refractivity contribution in [2.75, 3.05) is 0 Å². The van der Waals surface area contributed by atoms with Gasteiger partial charge in [-0.15, -0.1) is 11.3 Å². The van der Waals surface area contributed by atoms with Gasteiger partial charge in [-0.1, -0.05) is 0 Å². The van der Waals surface area contributed by atoms with Gasteiger partial charge in [0, 0.05) is 11.3 Å². The van der Waals surface area contributed by atoms with E-state index in [0.29, 0.717) is 11.6 Å². The fourth-order valence-corrected chi connectivity index (χ4v) is 2.36. The molecule has 1 saturated carbocycles. The Morgan fingerprint density at radius 3 is 2.79 bits per heavy atom. The highest BCUT2D eigenvalue weighted by Crippen LogP contribution is 2.42. The average Bonchev–Trinajstić information content (AvgIpc) is 2.83. The molecule has 1 fully saturated rings. The van der Waals surface area contributed by atoms with E-state index in [4.69, 9.17) is 5.11 Å². The van der Waals surface area contributed by atoms with Crippen molar-refractivity contribution in [2.24, 2.45) is 0 Å². The first-order valence-electron chi connectivity index (χ1n) is 4.71. The first-order chi connectivity index (χ1) is 6.51. The number of carbonyl (C=O) groups is 1. The van der Waals surface area contributed by atoms with Crippen LogP contribution in [0.25, 0.3) is 0 Å². The molecule has 1 aliphatic rings. The Balaban J connectivity index is 2.27. The van der Waals surface area contributed by atoms with Crippen LogP contribution >= 0.6 is 11.3 Å². The van der Waals surface area contributed by atoms with Crippen LogP contribution in [0.3, 0.4) is 0 Å². The van der Waals surface area contributed by atoms with Gasteiger partial charge in [0.15, 0.2) is 0 Å². The molecule has 1 aromatic rings. The largest absolute Gasteiger partial charge is 0.481 e. The minimum absolute atomic E-state index is 0.610. The Morgan fingerprint density at radius 1 is 1.64 bits per heavy atom. The molecule has 0 radical (unpaired) electrons. The normalized spacial score (nSPS) is 17.0. The molecule has 1 N–H and O–H groups in total. The lowest BCUT2D eigenvalue weighted by Crippen LogP contribution is -2.28. The van der Waals surface area contributed by atoms with Crippen molar-refractivity contribution < 1.29 is 9.90 Å². The lowest BCUT2D eigenvalue weighted by atomic mass is 9.90. The number of thiazole rings is 1. The number of aliphatic carboxylic acids is 1. The minimum Gasteiger partial charge on any atom is -0.481 e. The Morgan fingerprint density at radius 2 is 2.29 bits per heavy atom. The van der Waals surface area contributed by atoms with Crippen LogP contribution in [0, 0.1) is 0 Å². The molecule has 0 saturated heterocycles. The van der Waals surface area contributed by atoms with Crippen LogP contribution in [0.5, 0.6) is 0 Å². The van der Waals surface area contributed by atoms with Gasteiger partial charge in [-0.3, -0.25) is 4.79 Å². The third-order valence-corrected chi connectivity index (χ3v) is 3.63. The van der Waals surface area contributed by atoms with Crippen molar-refractivity contribution in [1.29, 1.82) is 0 Å². The molecular weight excluding hydrogens is 198 g/mol. The third-order valence-electron chi connectivity index (χ3n) is 2.62. The van der Waals surface area contributed by atoms with E-state index in [1.165, 1.54) is 12.8 Å². The number of aromatic nitrogens is 1. The van der Waals surface area contributed by atoms with E-state index in [2.05, 4.69) is 4.98 Å². The van der Waals surface area contributed by atoms with Crippen LogP contribution in [-0.4, -0.2) is 16.1 Å². The van der Waals surface area contributed by atoms with Gasteiger partial charge >= 0.3 is 5.97 Å². The standard InChI is InChI=1S/C10H13NO2S/c1-10(2,9(12)13)7-5-14-8(11-7)6-3-4-6/h5-6H,3-4H2,1-2H3,(H,12,13). The molecule has 0 spiro atoms. The maximum atomic E-state index is 11.0. The third kappa shape index (κ3) is 1.54. The summed E-state index contributed by atoms with van der Waals surface area (Å²) in [6, 6.07) is 0. The molecule has 14 heavy (non-hydrogen) atoms. The fourth-order valence-electron chi connectivity index (χ4n) is 1.20. The summed E-state index contributed by atoms with van der Waals surface area (Å²) in [7, 11) is 0. The van der Waals surface area contributed by atoms with E-state index in [0.717, 1.165) is 5.01 Å². The predicted molar refractivity (Wildman–Crippen MR) is 54.8 cm³/mol. The van der Waals surface area contributed by atoms with Gasteiger partial charge in [-0.2, -0.15) is 0 Å². The highest BCUT2D eigenvalue weighted by atomic mass is 32.1. The van der Waals surface area contributed by atoms with Crippen molar-refractivity contribution in [1.82, 2.24) is 4.98 Å². The van der Waals surface area contributed by atoms with Gasteiger partial charge in [0.1, 0.15) is 5.41 Å². The van der Waals surface area contributed by atoms with E-state index in [-0.39, 0.29) is 0 Å². The van der Waals surface area contributed by atoms with Crippen LogP contribution in [0.15, 0.2) is 5.38 Å². The van der Waals surface area contributed by atoms with E-state index in [1.54, 1.807) is 25.2 Å². The molecule has 0 atom stereocenters. The van der Waals surface area contributed by atoms with Crippen molar-refractivity contribution in [3.8, 4) is 0 Å². The van der Waals surface area contributed by atoms with Gasteiger partial charge in [-0.25, -0.2) is 4.98 Å². The van der Waals surface area contributed by atoms with E-state index in [9.17, 15) is 4.79 Å². The van der Waals surface area contributed by atoms with Crippen molar-refractivity contribution in [2.45, 2.75) is 38.0 Å². The van der Waals surface area contributed by atoms with Crippen LogP contribution in [0.2, 0.25) is 0 Å². The second kappa shape index (κ2) is 3.05. The Labute approximate surface area is 86.8 Å². The molecule has 0 bridgehead atoms. The molecule has 0 aromatic carbocycles. The molecule has 4 heteroatoms. The summed E-state index contributed by atoms with van der Waals surface area (Å²) in [5, 5.41) is 12.0. The quantitative estimate of drug-likeness (QED) is 0.835. The number of carboxylic acid groups (broad SMARTS) is 1. The minimum atomic E-state index is -0.858. The van der Waals surface area contributed by atoms with Crippen LogP contribution < -0.4 is 0 Å². The zero-order valence-corrected chi connectivity index (χ0v) is 9.10. The lowest BCUT2D eigenvalue weighted by molar-refractivity contribution is -0.142. The Bertz CT molecular complexity index is 366. The summed E-state index contributed by atoms with van der Waals surface area (Å²) in [4.78, 5) is 15.4. The maximum Gasteiger partial charge on any atom is 0.315 e. The lowest BCUT2D eigenvalue weighted by Gasteiger charge is -2.15. The second-order valence-electron chi connectivity index (χ2n) is 4.28. The van der Waals surface area contributed by atoms with E-state index >= 15 is 0 Å². The van der Waals surface area contributed by atoms with Crippen molar-refractivity contribution in [3.63, 3.8) is 0 Å². The van der Waals surface area contributed by atoms with E-state index < -0.39 is 11.4 Å². The zero-order chi connectivity index (χ0) is 10.3. The van der Waals surface area contributed by atoms with Gasteiger partial charge in [0.2, 0.25) is 0 Å². The molecule has 0 aliphatic heterocycles. The van der Waals surface area contributed by atoms with Crippen molar-refractivity contribution >= 4 is 17.3 Å². The summed E-state index contributed by atoms with van der Waals surface area (Å²) in [5.74, 6) is -0.205. The fraction of sp³-hybridized carbons (Fsp3) is 0.600. The average molecular weight is 211 g/mol. The molecule has 2 rings (SSSR count). The molecule has 1 aromatic heterocycles. The Hall–Kier alpha value is -0.900. The summed E-state index contributed by atoms with van der Waals surface area (Å²) < 4.78 is 0. The topological polar surface area (TPSA) is 50.2 Å². The van der Waals surface area contributed by atoms with Gasteiger partial charge in [0.25, 0.3) is 0 Å². The highest BCUT2D eigenvalue weighted by Gasteiger charge is 2.34. The summed E-state index contributed by atoms with van der Waals surface area (Å²) >= 11 is 1.59. The maximum absolute atomic E-state index is 11.0. The predicted octanol–water partition coefficient (Wildman–Crippen LogP) is 2.38. The Kier molecular flexibility index (Phi) is 2.10. The first-order valence-corrected chi connectivity index (χ1v) is 5.59. The molecule has 1 aliphatic carbocycles. The van der Waals surface area contributed by atoms with Crippen LogP contribution in [0.1, 0.15) is 43.3 Å². The smallest absolute Gasteiger partial charge is 0.315 e. The highest BCUT2D eigenvalue weighted by molar-refractivity contribution is 7.09. The SMILES string of the molecule is CC(C)(C(=O)O)c1csc(C2CC2)n1. The van der Waals surface area contributed by atoms with Gasteiger partial charge < -0.3 is 5.11 Å². The number of hydrogen-bond acceptors (Lipinski definition) is 3. The second-order valence-corrected chi connectivity index (χ2v) is 5.17. The van der Waals surface area contributed by atoms with Crippen molar-refractivity contribution in [3.05, 3.63) is 16.1 Å². The molecule has 76 valence electrons. The number of nitrogens with zero attached hydrogens (tertiary/aromatic N) is 1. The van der Waals surface area contributed by atoms with E-state index in [1.807, 2.05) is 5.38 Å². The molecule has 1 heterocycles. The van der Waals surface area contributed by atoms with Gasteiger partial charge in [-0.05, 0) is 26.7 Å². The van der Waals surface area contributed by atoms with Crippen LogP contribution in [-0.2, 0) is 10.2 Å². The number of hydrogen-bond donors (Lipinski definition) is 1. The summed E-state index contributed by atoms with van der Waals surface area (Å²) in [5.41, 5.74) is -0.166. The molecule has 3 nitrogen and oxygen atoms in total. The number of rotatable bonds is 3. The zero-order valence-electron chi connectivity index (χ0n) is 8.28. The molecule has 0 unspecified atom stereocenters. The monoisotopic (exact) mass is 211 g/mol. The first kappa shape index (κ1) is 9.65. The summed E-state index contributed by atoms with van der Waals surface area (Å²) in [6.45, 7) is 3.39. The van der Waals surface area contributed by atoms with Gasteiger partial charge in [0.05, 0.1) is 10.7 Å². The van der Waals surface area contributed by atoms with Crippen LogP contribution in [0.4, 0.5) is 0 Å². The number of carboxylic acids is 1. The molecule has 0 amide bonds.